The number of fused-ring (bicyclic) bond motifs is 1. The zero-order valence-electron chi connectivity index (χ0n) is 14.6. The van der Waals surface area contributed by atoms with E-state index in [1.54, 1.807) is 6.33 Å². The summed E-state index contributed by atoms with van der Waals surface area (Å²) in [7, 11) is 0. The number of aryl methyl sites for hydroxylation is 1. The summed E-state index contributed by atoms with van der Waals surface area (Å²) in [6.45, 7) is 5.35. The van der Waals surface area contributed by atoms with Crippen LogP contribution in [0.5, 0.6) is 0 Å². The van der Waals surface area contributed by atoms with Crippen molar-refractivity contribution in [2.24, 2.45) is 5.73 Å². The van der Waals surface area contributed by atoms with Crippen molar-refractivity contribution in [2.45, 2.75) is 25.8 Å². The van der Waals surface area contributed by atoms with E-state index in [1.807, 2.05) is 4.57 Å². The second kappa shape index (κ2) is 15.0. The second-order valence-electron chi connectivity index (χ2n) is 5.41. The average Bonchev–Trinajstić information content (AvgIpc) is 2.92. The van der Waals surface area contributed by atoms with Crippen LogP contribution >= 0.6 is 37.2 Å². The number of aromatic nitrogens is 4. The number of halogens is 3. The number of imidazole rings is 1. The minimum Gasteiger partial charge on any atom is -0.369 e. The summed E-state index contributed by atoms with van der Waals surface area (Å²) >= 11 is 0. The van der Waals surface area contributed by atoms with E-state index in [-0.39, 0.29) is 48.7 Å². The first kappa shape index (κ1) is 27.1. The van der Waals surface area contributed by atoms with Crippen LogP contribution in [0.25, 0.3) is 11.2 Å². The molecule has 26 heavy (non-hydrogen) atoms. The molecule has 0 radical (unpaired) electrons. The lowest BCUT2D eigenvalue weighted by atomic mass is 10.3. The number of H-pyrrole nitrogens is 1. The van der Waals surface area contributed by atoms with Gasteiger partial charge in [0.1, 0.15) is 0 Å². The van der Waals surface area contributed by atoms with Gasteiger partial charge >= 0.3 is 0 Å². The van der Waals surface area contributed by atoms with Crippen molar-refractivity contribution < 1.29 is 0 Å². The molecule has 152 valence electrons. The summed E-state index contributed by atoms with van der Waals surface area (Å²) in [4.78, 5) is 22.4. The van der Waals surface area contributed by atoms with Crippen molar-refractivity contribution >= 4 is 54.3 Å². The van der Waals surface area contributed by atoms with Crippen LogP contribution in [0.4, 0.5) is 5.95 Å². The number of nitrogens with two attached hydrogens (primary N) is 2. The van der Waals surface area contributed by atoms with Crippen molar-refractivity contribution in [3.63, 3.8) is 0 Å². The summed E-state index contributed by atoms with van der Waals surface area (Å²) in [5.41, 5.74) is 11.6. The molecule has 0 aromatic carbocycles. The topological polar surface area (TPSA) is 140 Å². The smallest absolute Gasteiger partial charge is 0.280 e. The molecule has 0 aliphatic heterocycles. The zero-order chi connectivity index (χ0) is 16.5. The van der Waals surface area contributed by atoms with E-state index < -0.39 is 0 Å². The van der Waals surface area contributed by atoms with Crippen molar-refractivity contribution in [3.8, 4) is 0 Å². The highest BCUT2D eigenvalue weighted by Gasteiger charge is 2.08. The molecule has 0 spiro atoms. The molecule has 12 heteroatoms. The molecule has 0 fully saturated rings. The lowest BCUT2D eigenvalue weighted by molar-refractivity contribution is 0.555. The number of rotatable bonds is 11. The molecule has 0 saturated heterocycles. The maximum absolute atomic E-state index is 11.7. The first-order valence-corrected chi connectivity index (χ1v) is 8.04. The molecule has 0 aliphatic rings. The fourth-order valence-corrected chi connectivity index (χ4v) is 2.32. The van der Waals surface area contributed by atoms with E-state index in [0.717, 1.165) is 58.5 Å². The fourth-order valence-electron chi connectivity index (χ4n) is 2.32. The minimum atomic E-state index is -0.300. The number of hydrogen-bond donors (Lipinski definition) is 5. The van der Waals surface area contributed by atoms with Gasteiger partial charge in [0.25, 0.3) is 5.56 Å². The largest absolute Gasteiger partial charge is 0.369 e. The highest BCUT2D eigenvalue weighted by atomic mass is 35.5. The van der Waals surface area contributed by atoms with Gasteiger partial charge in [0.05, 0.1) is 6.33 Å². The third-order valence-electron chi connectivity index (χ3n) is 3.51. The summed E-state index contributed by atoms with van der Waals surface area (Å²) in [6.07, 6.45) is 4.67. The van der Waals surface area contributed by atoms with E-state index in [0.29, 0.717) is 11.2 Å². The van der Waals surface area contributed by atoms with Crippen LogP contribution in [0.1, 0.15) is 19.3 Å². The number of nitrogen functional groups attached to an aromatic ring is 1. The number of anilines is 1. The predicted octanol–water partition coefficient (Wildman–Crippen LogP) is 0.275. The minimum absolute atomic E-state index is 0. The Labute approximate surface area is 171 Å². The van der Waals surface area contributed by atoms with Gasteiger partial charge in [-0.3, -0.25) is 9.78 Å². The van der Waals surface area contributed by atoms with Gasteiger partial charge in [0, 0.05) is 6.54 Å². The van der Waals surface area contributed by atoms with Gasteiger partial charge in [-0.05, 0) is 52.0 Å². The summed E-state index contributed by atoms with van der Waals surface area (Å²) in [5.74, 6) is 0.115. The molecule has 2 heterocycles. The van der Waals surface area contributed by atoms with Crippen molar-refractivity contribution in [1.29, 1.82) is 0 Å². The quantitative estimate of drug-likeness (QED) is 0.322. The van der Waals surface area contributed by atoms with E-state index in [2.05, 4.69) is 25.6 Å². The summed E-state index contributed by atoms with van der Waals surface area (Å²) in [6, 6.07) is 0. The van der Waals surface area contributed by atoms with Gasteiger partial charge in [-0.1, -0.05) is 0 Å². The average molecular weight is 432 g/mol. The number of nitrogens with one attached hydrogen (secondary N) is 3. The third kappa shape index (κ3) is 8.52. The molecule has 0 saturated carbocycles. The number of aromatic amines is 1. The Bertz CT molecular complexity index is 663. The molecule has 2 rings (SSSR count). The van der Waals surface area contributed by atoms with Crippen LogP contribution in [0.15, 0.2) is 11.1 Å². The molecular weight excluding hydrogens is 403 g/mol. The van der Waals surface area contributed by atoms with Gasteiger partial charge in [-0.15, -0.1) is 37.2 Å². The van der Waals surface area contributed by atoms with Gasteiger partial charge in [0.15, 0.2) is 11.2 Å². The highest BCUT2D eigenvalue weighted by molar-refractivity contribution is 5.86. The van der Waals surface area contributed by atoms with Gasteiger partial charge in [-0.2, -0.15) is 4.98 Å². The van der Waals surface area contributed by atoms with Crippen LogP contribution < -0.4 is 27.7 Å². The molecule has 0 unspecified atom stereocenters. The molecule has 0 bridgehead atoms. The van der Waals surface area contributed by atoms with Crippen molar-refractivity contribution in [3.05, 3.63) is 16.7 Å². The molecule has 0 atom stereocenters. The van der Waals surface area contributed by atoms with E-state index in [1.165, 1.54) is 0 Å². The maximum atomic E-state index is 11.7. The Morgan fingerprint density at radius 3 is 2.31 bits per heavy atom. The van der Waals surface area contributed by atoms with Crippen LogP contribution in [0.3, 0.4) is 0 Å². The van der Waals surface area contributed by atoms with Crippen LogP contribution in [-0.2, 0) is 6.54 Å². The summed E-state index contributed by atoms with van der Waals surface area (Å²) in [5, 5.41) is 6.74. The van der Waals surface area contributed by atoms with Gasteiger partial charge in [-0.25, -0.2) is 4.98 Å². The molecule has 0 amide bonds. The van der Waals surface area contributed by atoms with Gasteiger partial charge in [0.2, 0.25) is 5.95 Å². The fraction of sp³-hybridized carbons (Fsp3) is 0.643. The van der Waals surface area contributed by atoms with Gasteiger partial charge < -0.3 is 26.7 Å². The molecule has 9 nitrogen and oxygen atoms in total. The molecular formula is C14H29Cl3N8O. The SMILES string of the molecule is Cl.Cl.Cl.NCCCNCCCNCCCn1cnc2c(=O)[nH]c(N)nc21. The Hall–Kier alpha value is -1.10. The van der Waals surface area contributed by atoms with E-state index in [9.17, 15) is 4.79 Å². The molecule has 2 aromatic rings. The number of nitrogens with zero attached hydrogens (tertiary/aromatic N) is 3. The number of hydrogen-bond acceptors (Lipinski definition) is 7. The van der Waals surface area contributed by atoms with E-state index in [4.69, 9.17) is 11.5 Å². The third-order valence-corrected chi connectivity index (χ3v) is 3.51. The Kier molecular flexibility index (Phi) is 15.7. The normalized spacial score (nSPS) is 10.0. The van der Waals surface area contributed by atoms with Crippen molar-refractivity contribution in [1.82, 2.24) is 30.2 Å². The molecule has 0 aliphatic carbocycles. The van der Waals surface area contributed by atoms with E-state index >= 15 is 0 Å². The maximum Gasteiger partial charge on any atom is 0.280 e. The standard InChI is InChI=1S/C14H26N8O.3ClH/c15-4-1-5-17-6-2-7-18-8-3-9-22-10-19-11-12(22)20-14(16)21-13(11)23;;;/h10,17-18H,1-9,15H2,(H3,16,20,21,23);3*1H. The molecule has 2 aromatic heterocycles. The van der Waals surface area contributed by atoms with Crippen LogP contribution in [-0.4, -0.2) is 52.2 Å². The first-order valence-electron chi connectivity index (χ1n) is 8.04. The Balaban J connectivity index is 0. The lowest BCUT2D eigenvalue weighted by Gasteiger charge is -2.07. The highest BCUT2D eigenvalue weighted by Crippen LogP contribution is 2.06. The second-order valence-corrected chi connectivity index (χ2v) is 5.41. The van der Waals surface area contributed by atoms with Crippen LogP contribution in [0.2, 0.25) is 0 Å². The lowest BCUT2D eigenvalue weighted by Crippen LogP contribution is -2.24. The zero-order valence-corrected chi connectivity index (χ0v) is 17.0. The summed E-state index contributed by atoms with van der Waals surface area (Å²) < 4.78 is 1.86. The predicted molar refractivity (Wildman–Crippen MR) is 113 cm³/mol. The Morgan fingerprint density at radius 2 is 1.65 bits per heavy atom. The van der Waals surface area contributed by atoms with Crippen LogP contribution in [0, 0.1) is 0 Å². The first-order chi connectivity index (χ1) is 11.2. The monoisotopic (exact) mass is 430 g/mol. The molecule has 7 N–H and O–H groups in total. The van der Waals surface area contributed by atoms with Crippen molar-refractivity contribution in [2.75, 3.05) is 38.5 Å². The Morgan fingerprint density at radius 1 is 1.04 bits per heavy atom.